The number of anilines is 1. The zero-order valence-corrected chi connectivity index (χ0v) is 12.4. The second kappa shape index (κ2) is 6.83. The Morgan fingerprint density at radius 3 is 2.76 bits per heavy atom. The molecule has 0 aromatic carbocycles. The smallest absolute Gasteiger partial charge is 0.251 e. The summed E-state index contributed by atoms with van der Waals surface area (Å²) in [5, 5.41) is 2.85. The molecule has 5 heteroatoms. The van der Waals surface area contributed by atoms with Gasteiger partial charge in [-0.05, 0) is 37.6 Å². The summed E-state index contributed by atoms with van der Waals surface area (Å²) in [6.45, 7) is 4.38. The maximum Gasteiger partial charge on any atom is 0.251 e. The molecule has 1 amide bonds. The van der Waals surface area contributed by atoms with Crippen molar-refractivity contribution in [2.24, 2.45) is 0 Å². The number of hydrogen-bond donors (Lipinski definition) is 2. The van der Waals surface area contributed by atoms with Gasteiger partial charge in [0.15, 0.2) is 0 Å². The molecule has 0 fully saturated rings. The maximum absolute atomic E-state index is 12.2. The molecule has 110 valence electrons. The van der Waals surface area contributed by atoms with Gasteiger partial charge in [-0.2, -0.15) is 0 Å². The molecule has 21 heavy (non-hydrogen) atoms. The van der Waals surface area contributed by atoms with Gasteiger partial charge in [-0.25, -0.2) is 4.98 Å². The van der Waals surface area contributed by atoms with Gasteiger partial charge in [0, 0.05) is 17.0 Å². The fraction of sp³-hybridized carbons (Fsp3) is 0.312. The van der Waals surface area contributed by atoms with Gasteiger partial charge in [-0.15, -0.1) is 0 Å². The molecule has 2 aromatic rings. The molecule has 0 radical (unpaired) electrons. The van der Waals surface area contributed by atoms with Gasteiger partial charge in [-0.3, -0.25) is 9.78 Å². The quantitative estimate of drug-likeness (QED) is 0.882. The first-order chi connectivity index (χ1) is 10.1. The highest BCUT2D eigenvalue weighted by atomic mass is 16.1. The number of hydrogen-bond acceptors (Lipinski definition) is 4. The van der Waals surface area contributed by atoms with Gasteiger partial charge in [0.25, 0.3) is 5.91 Å². The Balaban J connectivity index is 2.06. The van der Waals surface area contributed by atoms with Crippen LogP contribution in [0.15, 0.2) is 30.3 Å². The highest BCUT2D eigenvalue weighted by Crippen LogP contribution is 2.10. The van der Waals surface area contributed by atoms with Crippen molar-refractivity contribution in [2.45, 2.75) is 33.2 Å². The lowest BCUT2D eigenvalue weighted by Gasteiger charge is -2.08. The predicted molar refractivity (Wildman–Crippen MR) is 82.8 cm³/mol. The lowest BCUT2D eigenvalue weighted by Crippen LogP contribution is -2.24. The van der Waals surface area contributed by atoms with Gasteiger partial charge in [0.2, 0.25) is 0 Å². The summed E-state index contributed by atoms with van der Waals surface area (Å²) in [5.41, 5.74) is 8.90. The average Bonchev–Trinajstić information content (AvgIpc) is 2.44. The average molecular weight is 284 g/mol. The Labute approximate surface area is 124 Å². The van der Waals surface area contributed by atoms with E-state index in [1.54, 1.807) is 12.1 Å². The molecule has 0 bridgehead atoms. The number of carbonyl (C=O) groups is 1. The molecule has 2 aromatic heterocycles. The third-order valence-corrected chi connectivity index (χ3v) is 3.04. The lowest BCUT2D eigenvalue weighted by atomic mass is 10.1. The minimum atomic E-state index is -0.162. The van der Waals surface area contributed by atoms with Crippen LogP contribution in [0.1, 0.15) is 40.8 Å². The Morgan fingerprint density at radius 1 is 1.24 bits per heavy atom. The monoisotopic (exact) mass is 284 g/mol. The fourth-order valence-electron chi connectivity index (χ4n) is 2.10. The minimum Gasteiger partial charge on any atom is -0.384 e. The van der Waals surface area contributed by atoms with Crippen LogP contribution in [0.5, 0.6) is 0 Å². The van der Waals surface area contributed by atoms with E-state index in [0.717, 1.165) is 29.9 Å². The Hall–Kier alpha value is -2.43. The Bertz CT molecular complexity index is 640. The van der Waals surface area contributed by atoms with Crippen LogP contribution < -0.4 is 11.1 Å². The number of aromatic nitrogens is 2. The van der Waals surface area contributed by atoms with E-state index in [2.05, 4.69) is 22.2 Å². The van der Waals surface area contributed by atoms with Gasteiger partial charge < -0.3 is 11.1 Å². The fourth-order valence-corrected chi connectivity index (χ4v) is 2.10. The summed E-state index contributed by atoms with van der Waals surface area (Å²) in [4.78, 5) is 20.8. The third-order valence-electron chi connectivity index (χ3n) is 3.04. The number of aryl methyl sites for hydroxylation is 2. The number of nitrogen functional groups attached to an aromatic ring is 1. The van der Waals surface area contributed by atoms with E-state index in [-0.39, 0.29) is 5.91 Å². The van der Waals surface area contributed by atoms with E-state index in [1.807, 2.05) is 25.1 Å². The molecule has 0 aliphatic carbocycles. The van der Waals surface area contributed by atoms with Gasteiger partial charge in [0.05, 0.1) is 12.2 Å². The van der Waals surface area contributed by atoms with Gasteiger partial charge >= 0.3 is 0 Å². The second-order valence-corrected chi connectivity index (χ2v) is 4.98. The summed E-state index contributed by atoms with van der Waals surface area (Å²) in [7, 11) is 0. The molecule has 0 aliphatic heterocycles. The van der Waals surface area contributed by atoms with Crippen LogP contribution >= 0.6 is 0 Å². The highest BCUT2D eigenvalue weighted by Gasteiger charge is 2.09. The Kier molecular flexibility index (Phi) is 4.87. The summed E-state index contributed by atoms with van der Waals surface area (Å²) in [6, 6.07) is 9.12. The number of rotatable bonds is 5. The van der Waals surface area contributed by atoms with Crippen LogP contribution in [0, 0.1) is 6.92 Å². The molecule has 3 N–H and O–H groups in total. The first kappa shape index (κ1) is 15.0. The van der Waals surface area contributed by atoms with E-state index in [1.165, 1.54) is 0 Å². The van der Waals surface area contributed by atoms with Crippen LogP contribution in [-0.4, -0.2) is 15.9 Å². The molecule has 5 nitrogen and oxygen atoms in total. The van der Waals surface area contributed by atoms with Gasteiger partial charge in [-0.1, -0.05) is 19.4 Å². The highest BCUT2D eigenvalue weighted by molar-refractivity contribution is 5.94. The van der Waals surface area contributed by atoms with Crippen molar-refractivity contribution < 1.29 is 4.79 Å². The van der Waals surface area contributed by atoms with Gasteiger partial charge in [0.1, 0.15) is 5.82 Å². The van der Waals surface area contributed by atoms with E-state index in [4.69, 9.17) is 5.73 Å². The summed E-state index contributed by atoms with van der Waals surface area (Å²) < 4.78 is 0. The zero-order valence-electron chi connectivity index (χ0n) is 12.4. The third kappa shape index (κ3) is 4.27. The summed E-state index contributed by atoms with van der Waals surface area (Å²) in [6.07, 6.45) is 1.77. The van der Waals surface area contributed by atoms with Crippen LogP contribution in [0.4, 0.5) is 5.82 Å². The molecule has 2 rings (SSSR count). The molecule has 0 unspecified atom stereocenters. The van der Waals surface area contributed by atoms with Crippen molar-refractivity contribution in [1.82, 2.24) is 15.3 Å². The van der Waals surface area contributed by atoms with Crippen LogP contribution in [0.3, 0.4) is 0 Å². The van der Waals surface area contributed by atoms with E-state index in [9.17, 15) is 4.79 Å². The van der Waals surface area contributed by atoms with Crippen molar-refractivity contribution in [3.8, 4) is 0 Å². The van der Waals surface area contributed by atoms with E-state index >= 15 is 0 Å². The standard InChI is InChI=1S/C16H20N4O/c1-3-5-13-8-12(9-15(17)20-13)16(21)18-10-14-7-4-6-11(2)19-14/h4,6-9H,3,5,10H2,1-2H3,(H2,17,20)(H,18,21). The van der Waals surface area contributed by atoms with Crippen molar-refractivity contribution in [3.63, 3.8) is 0 Å². The predicted octanol–water partition coefficient (Wildman–Crippen LogP) is 2.25. The Morgan fingerprint density at radius 2 is 2.05 bits per heavy atom. The number of nitrogens with zero attached hydrogens (tertiary/aromatic N) is 2. The molecule has 0 atom stereocenters. The summed E-state index contributed by atoms with van der Waals surface area (Å²) in [5.74, 6) is 0.213. The summed E-state index contributed by atoms with van der Waals surface area (Å²) >= 11 is 0. The normalized spacial score (nSPS) is 10.4. The molecular weight excluding hydrogens is 264 g/mol. The number of pyridine rings is 2. The first-order valence-corrected chi connectivity index (χ1v) is 7.05. The maximum atomic E-state index is 12.2. The minimum absolute atomic E-state index is 0.162. The van der Waals surface area contributed by atoms with E-state index < -0.39 is 0 Å². The van der Waals surface area contributed by atoms with Crippen LogP contribution in [0.2, 0.25) is 0 Å². The molecule has 2 heterocycles. The topological polar surface area (TPSA) is 80.9 Å². The molecule has 0 spiro atoms. The number of amides is 1. The van der Waals surface area contributed by atoms with Crippen molar-refractivity contribution in [2.75, 3.05) is 5.73 Å². The second-order valence-electron chi connectivity index (χ2n) is 4.98. The first-order valence-electron chi connectivity index (χ1n) is 7.05. The number of nitrogens with two attached hydrogens (primary N) is 1. The molecule has 0 aliphatic rings. The van der Waals surface area contributed by atoms with Crippen molar-refractivity contribution >= 4 is 11.7 Å². The van der Waals surface area contributed by atoms with Crippen molar-refractivity contribution in [1.29, 1.82) is 0 Å². The van der Waals surface area contributed by atoms with Crippen LogP contribution in [-0.2, 0) is 13.0 Å². The lowest BCUT2D eigenvalue weighted by molar-refractivity contribution is 0.0950. The van der Waals surface area contributed by atoms with Crippen molar-refractivity contribution in [3.05, 3.63) is 53.0 Å². The number of carbonyl (C=O) groups excluding carboxylic acids is 1. The zero-order chi connectivity index (χ0) is 15.2. The molecule has 0 saturated heterocycles. The SMILES string of the molecule is CCCc1cc(C(=O)NCc2cccc(C)n2)cc(N)n1. The molecule has 0 saturated carbocycles. The molecular formula is C16H20N4O. The van der Waals surface area contributed by atoms with Crippen LogP contribution in [0.25, 0.3) is 0 Å². The largest absolute Gasteiger partial charge is 0.384 e. The number of nitrogens with one attached hydrogen (secondary N) is 1. The van der Waals surface area contributed by atoms with E-state index in [0.29, 0.717) is 17.9 Å².